The van der Waals surface area contributed by atoms with Gasteiger partial charge >= 0.3 is 6.09 Å². The van der Waals surface area contributed by atoms with Gasteiger partial charge in [0.05, 0.1) is 0 Å². The summed E-state index contributed by atoms with van der Waals surface area (Å²) in [4.78, 5) is 14.3. The molecule has 1 aliphatic heterocycles. The van der Waals surface area contributed by atoms with E-state index in [0.717, 1.165) is 45.1 Å². The first-order valence-electron chi connectivity index (χ1n) is 7.81. The standard InChI is InChI=1S/C15H28N2O3/c1-15(2,3)20-14(18)17-10-5-4-9-13(17)11-7-6-8-12(11)16-19/h11-13,16,19H,4-10H2,1-3H3. The Hall–Kier alpha value is -0.810. The van der Waals surface area contributed by atoms with Gasteiger partial charge in [-0.25, -0.2) is 10.3 Å². The Morgan fingerprint density at radius 2 is 1.95 bits per heavy atom. The van der Waals surface area contributed by atoms with Gasteiger partial charge in [-0.15, -0.1) is 0 Å². The number of ether oxygens (including phenoxy) is 1. The second-order valence-electron chi connectivity index (χ2n) is 7.07. The summed E-state index contributed by atoms with van der Waals surface area (Å²) in [7, 11) is 0. The number of nitrogens with one attached hydrogen (secondary N) is 1. The number of likely N-dealkylation sites (tertiary alicyclic amines) is 1. The maximum atomic E-state index is 12.4. The van der Waals surface area contributed by atoms with Crippen molar-refractivity contribution >= 4 is 6.09 Å². The lowest BCUT2D eigenvalue weighted by Crippen LogP contribution is -2.52. The molecule has 1 aliphatic carbocycles. The number of piperidine rings is 1. The molecule has 0 aromatic heterocycles. The van der Waals surface area contributed by atoms with E-state index < -0.39 is 5.60 Å². The van der Waals surface area contributed by atoms with Crippen molar-refractivity contribution in [3.05, 3.63) is 0 Å². The topological polar surface area (TPSA) is 61.8 Å². The van der Waals surface area contributed by atoms with Crippen molar-refractivity contribution in [3.8, 4) is 0 Å². The number of nitrogens with zero attached hydrogens (tertiary/aromatic N) is 1. The highest BCUT2D eigenvalue weighted by atomic mass is 16.6. The summed E-state index contributed by atoms with van der Waals surface area (Å²) >= 11 is 0. The summed E-state index contributed by atoms with van der Waals surface area (Å²) in [5.74, 6) is 0.341. The summed E-state index contributed by atoms with van der Waals surface area (Å²) in [6.45, 7) is 6.47. The van der Waals surface area contributed by atoms with Crippen molar-refractivity contribution < 1.29 is 14.7 Å². The zero-order valence-electron chi connectivity index (χ0n) is 12.9. The van der Waals surface area contributed by atoms with Crippen LogP contribution in [0.2, 0.25) is 0 Å². The third kappa shape index (κ3) is 3.64. The van der Waals surface area contributed by atoms with Crippen LogP contribution in [0, 0.1) is 5.92 Å². The largest absolute Gasteiger partial charge is 0.444 e. The lowest BCUT2D eigenvalue weighted by atomic mass is 9.87. The van der Waals surface area contributed by atoms with Gasteiger partial charge in [0.2, 0.25) is 0 Å². The van der Waals surface area contributed by atoms with E-state index in [1.165, 1.54) is 0 Å². The number of rotatable bonds is 2. The molecule has 3 atom stereocenters. The van der Waals surface area contributed by atoms with Crippen molar-refractivity contribution in [2.45, 2.75) is 77.0 Å². The van der Waals surface area contributed by atoms with Gasteiger partial charge in [0, 0.05) is 18.6 Å². The molecule has 2 rings (SSSR count). The summed E-state index contributed by atoms with van der Waals surface area (Å²) in [5.41, 5.74) is 1.99. The van der Waals surface area contributed by atoms with E-state index in [-0.39, 0.29) is 18.2 Å². The second kappa shape index (κ2) is 6.31. The van der Waals surface area contributed by atoms with E-state index in [1.807, 2.05) is 25.7 Å². The molecule has 1 saturated carbocycles. The van der Waals surface area contributed by atoms with Gasteiger partial charge in [-0.2, -0.15) is 0 Å². The smallest absolute Gasteiger partial charge is 0.410 e. The maximum Gasteiger partial charge on any atom is 0.410 e. The molecule has 0 radical (unpaired) electrons. The van der Waals surface area contributed by atoms with Crippen molar-refractivity contribution in [1.82, 2.24) is 10.4 Å². The van der Waals surface area contributed by atoms with Gasteiger partial charge in [-0.05, 0) is 58.8 Å². The van der Waals surface area contributed by atoms with Crippen LogP contribution in [0.15, 0.2) is 0 Å². The molecule has 2 N–H and O–H groups in total. The first-order chi connectivity index (χ1) is 9.42. The summed E-state index contributed by atoms with van der Waals surface area (Å²) < 4.78 is 5.54. The molecule has 1 heterocycles. The molecule has 3 unspecified atom stereocenters. The van der Waals surface area contributed by atoms with Gasteiger partial charge in [-0.1, -0.05) is 6.42 Å². The molecular formula is C15H28N2O3. The van der Waals surface area contributed by atoms with Crippen LogP contribution in [-0.4, -0.2) is 40.4 Å². The number of hydrogen-bond donors (Lipinski definition) is 2. The molecule has 1 saturated heterocycles. The van der Waals surface area contributed by atoms with Crippen LogP contribution in [0.5, 0.6) is 0 Å². The summed E-state index contributed by atoms with van der Waals surface area (Å²) in [5, 5.41) is 9.29. The normalized spacial score (nSPS) is 31.4. The molecule has 5 nitrogen and oxygen atoms in total. The molecule has 0 aromatic rings. The van der Waals surface area contributed by atoms with Crippen molar-refractivity contribution in [3.63, 3.8) is 0 Å². The monoisotopic (exact) mass is 284 g/mol. The van der Waals surface area contributed by atoms with Gasteiger partial charge < -0.3 is 14.8 Å². The SMILES string of the molecule is CC(C)(C)OC(=O)N1CCCCC1C1CCCC1NO. The van der Waals surface area contributed by atoms with Gasteiger partial charge in [0.15, 0.2) is 0 Å². The fraction of sp³-hybridized carbons (Fsp3) is 0.933. The molecule has 0 spiro atoms. The van der Waals surface area contributed by atoms with Crippen molar-refractivity contribution in [2.75, 3.05) is 6.54 Å². The third-order valence-electron chi connectivity index (χ3n) is 4.41. The Bertz CT molecular complexity index is 341. The average Bonchev–Trinajstić information content (AvgIpc) is 2.84. The van der Waals surface area contributed by atoms with E-state index in [4.69, 9.17) is 4.74 Å². The lowest BCUT2D eigenvalue weighted by Gasteiger charge is -2.41. The maximum absolute atomic E-state index is 12.4. The lowest BCUT2D eigenvalue weighted by molar-refractivity contribution is -0.00596. The highest BCUT2D eigenvalue weighted by Crippen LogP contribution is 2.35. The number of carbonyl (C=O) groups is 1. The fourth-order valence-electron chi connectivity index (χ4n) is 3.56. The van der Waals surface area contributed by atoms with Crippen LogP contribution in [0.4, 0.5) is 4.79 Å². The van der Waals surface area contributed by atoms with Crippen molar-refractivity contribution in [2.24, 2.45) is 5.92 Å². The minimum atomic E-state index is -0.455. The number of hydroxylamine groups is 1. The van der Waals surface area contributed by atoms with E-state index in [2.05, 4.69) is 5.48 Å². The second-order valence-corrected chi connectivity index (χ2v) is 7.07. The first kappa shape index (κ1) is 15.6. The molecule has 5 heteroatoms. The molecule has 0 bridgehead atoms. The van der Waals surface area contributed by atoms with Crippen LogP contribution in [0.3, 0.4) is 0 Å². The highest BCUT2D eigenvalue weighted by Gasteiger charge is 2.40. The Morgan fingerprint density at radius 3 is 2.60 bits per heavy atom. The summed E-state index contributed by atoms with van der Waals surface area (Å²) in [6.07, 6.45) is 6.18. The zero-order chi connectivity index (χ0) is 14.8. The molecule has 2 fully saturated rings. The minimum absolute atomic E-state index is 0.114. The van der Waals surface area contributed by atoms with E-state index in [9.17, 15) is 10.0 Å². The van der Waals surface area contributed by atoms with Crippen LogP contribution in [0.1, 0.15) is 59.3 Å². The first-order valence-corrected chi connectivity index (χ1v) is 7.81. The average molecular weight is 284 g/mol. The third-order valence-corrected chi connectivity index (χ3v) is 4.41. The Kier molecular flexibility index (Phi) is 4.91. The minimum Gasteiger partial charge on any atom is -0.444 e. The Morgan fingerprint density at radius 1 is 1.20 bits per heavy atom. The number of hydrogen-bond acceptors (Lipinski definition) is 4. The van der Waals surface area contributed by atoms with Crippen LogP contribution >= 0.6 is 0 Å². The van der Waals surface area contributed by atoms with Crippen LogP contribution < -0.4 is 5.48 Å². The van der Waals surface area contributed by atoms with Gasteiger partial charge in [0.25, 0.3) is 0 Å². The molecule has 116 valence electrons. The molecular weight excluding hydrogens is 256 g/mol. The Balaban J connectivity index is 2.07. The Labute approximate surface area is 121 Å². The summed E-state index contributed by atoms with van der Waals surface area (Å²) in [6, 6.07) is 0.314. The van der Waals surface area contributed by atoms with Gasteiger partial charge in [0.1, 0.15) is 5.60 Å². The van der Waals surface area contributed by atoms with Crippen LogP contribution in [-0.2, 0) is 4.74 Å². The molecule has 0 aromatic carbocycles. The highest BCUT2D eigenvalue weighted by molar-refractivity contribution is 5.68. The van der Waals surface area contributed by atoms with E-state index in [0.29, 0.717) is 5.92 Å². The predicted octanol–water partition coefficient (Wildman–Crippen LogP) is 2.92. The van der Waals surface area contributed by atoms with Crippen molar-refractivity contribution in [1.29, 1.82) is 0 Å². The van der Waals surface area contributed by atoms with E-state index in [1.54, 1.807) is 0 Å². The number of carbonyl (C=O) groups excluding carboxylic acids is 1. The molecule has 20 heavy (non-hydrogen) atoms. The zero-order valence-corrected chi connectivity index (χ0v) is 12.9. The van der Waals surface area contributed by atoms with Gasteiger partial charge in [-0.3, -0.25) is 0 Å². The number of amides is 1. The quantitative estimate of drug-likeness (QED) is 0.765. The predicted molar refractivity (Wildman–Crippen MR) is 76.6 cm³/mol. The molecule has 2 aliphatic rings. The fourth-order valence-corrected chi connectivity index (χ4v) is 3.56. The van der Waals surface area contributed by atoms with E-state index >= 15 is 0 Å². The van der Waals surface area contributed by atoms with Crippen LogP contribution in [0.25, 0.3) is 0 Å². The molecule has 1 amide bonds.